The van der Waals surface area contributed by atoms with Gasteiger partial charge in [0.1, 0.15) is 12.7 Å². The van der Waals surface area contributed by atoms with Crippen molar-refractivity contribution < 1.29 is 4.79 Å². The van der Waals surface area contributed by atoms with Gasteiger partial charge in [-0.1, -0.05) is 24.3 Å². The van der Waals surface area contributed by atoms with Gasteiger partial charge in [-0.15, -0.1) is 0 Å². The molecule has 1 aliphatic rings. The van der Waals surface area contributed by atoms with Crippen LogP contribution in [0.1, 0.15) is 42.9 Å². The molecule has 6 heteroatoms. The normalized spacial score (nSPS) is 17.9. The van der Waals surface area contributed by atoms with Crippen molar-refractivity contribution >= 4 is 5.91 Å². The fraction of sp³-hybridized carbons (Fsp3) is 0.526. The van der Waals surface area contributed by atoms with Gasteiger partial charge in [0, 0.05) is 19.5 Å². The van der Waals surface area contributed by atoms with Gasteiger partial charge in [0.2, 0.25) is 5.91 Å². The third kappa shape index (κ3) is 4.66. The lowest BCUT2D eigenvalue weighted by molar-refractivity contribution is -0.135. The Labute approximate surface area is 149 Å². The summed E-state index contributed by atoms with van der Waals surface area (Å²) in [6.07, 6.45) is 6.94. The standard InChI is InChI=1S/C19H27N5O/c1-22(2)13-16-6-8-17(9-7-16)18-5-3-4-11-24(18)19(25)10-12-23-15-20-14-21-23/h6-9,14-15,18H,3-5,10-13H2,1-2H3. The van der Waals surface area contributed by atoms with E-state index in [-0.39, 0.29) is 11.9 Å². The number of likely N-dealkylation sites (tertiary alicyclic amines) is 1. The zero-order chi connectivity index (χ0) is 17.6. The van der Waals surface area contributed by atoms with Gasteiger partial charge in [0.15, 0.2) is 0 Å². The van der Waals surface area contributed by atoms with Crippen LogP contribution in [0.4, 0.5) is 0 Å². The second-order valence-corrected chi connectivity index (χ2v) is 6.99. The van der Waals surface area contributed by atoms with E-state index >= 15 is 0 Å². The van der Waals surface area contributed by atoms with Crippen molar-refractivity contribution in [3.05, 3.63) is 48.0 Å². The Morgan fingerprint density at radius 3 is 2.72 bits per heavy atom. The number of aryl methyl sites for hydroxylation is 1. The molecule has 1 atom stereocenters. The minimum absolute atomic E-state index is 0.199. The number of benzene rings is 1. The Hall–Kier alpha value is -2.21. The highest BCUT2D eigenvalue weighted by Crippen LogP contribution is 2.31. The van der Waals surface area contributed by atoms with Crippen molar-refractivity contribution in [2.24, 2.45) is 0 Å². The summed E-state index contributed by atoms with van der Waals surface area (Å²) in [4.78, 5) is 20.9. The van der Waals surface area contributed by atoms with Gasteiger partial charge in [-0.05, 0) is 44.5 Å². The maximum atomic E-state index is 12.7. The van der Waals surface area contributed by atoms with Gasteiger partial charge in [0.25, 0.3) is 0 Å². The van der Waals surface area contributed by atoms with Crippen molar-refractivity contribution in [2.75, 3.05) is 20.6 Å². The molecule has 134 valence electrons. The van der Waals surface area contributed by atoms with E-state index < -0.39 is 0 Å². The molecule has 3 rings (SSSR count). The van der Waals surface area contributed by atoms with E-state index in [1.54, 1.807) is 11.0 Å². The van der Waals surface area contributed by atoms with Gasteiger partial charge in [0.05, 0.1) is 12.6 Å². The Bertz CT molecular complexity index is 666. The summed E-state index contributed by atoms with van der Waals surface area (Å²) in [5.41, 5.74) is 2.55. The van der Waals surface area contributed by atoms with Crippen molar-refractivity contribution in [1.29, 1.82) is 0 Å². The molecular formula is C19H27N5O. The average molecular weight is 341 g/mol. The second kappa shape index (κ2) is 8.25. The largest absolute Gasteiger partial charge is 0.336 e. The molecule has 1 aromatic heterocycles. The molecule has 0 spiro atoms. The molecule has 0 aliphatic carbocycles. The van der Waals surface area contributed by atoms with Crippen LogP contribution in [0.25, 0.3) is 0 Å². The van der Waals surface area contributed by atoms with Crippen LogP contribution in [0.5, 0.6) is 0 Å². The van der Waals surface area contributed by atoms with Gasteiger partial charge < -0.3 is 9.80 Å². The zero-order valence-corrected chi connectivity index (χ0v) is 15.1. The summed E-state index contributed by atoms with van der Waals surface area (Å²) in [5.74, 6) is 0.206. The monoisotopic (exact) mass is 341 g/mol. The second-order valence-electron chi connectivity index (χ2n) is 6.99. The Kier molecular flexibility index (Phi) is 5.81. The molecule has 1 fully saturated rings. The SMILES string of the molecule is CN(C)Cc1ccc(C2CCCCN2C(=O)CCn2cncn2)cc1. The lowest BCUT2D eigenvalue weighted by Gasteiger charge is -2.36. The predicted octanol–water partition coefficient (Wildman–Crippen LogP) is 2.48. The van der Waals surface area contributed by atoms with Crippen LogP contribution >= 0.6 is 0 Å². The summed E-state index contributed by atoms with van der Waals surface area (Å²) in [6, 6.07) is 8.94. The van der Waals surface area contributed by atoms with Crippen LogP contribution in [0.15, 0.2) is 36.9 Å². The topological polar surface area (TPSA) is 54.3 Å². The zero-order valence-electron chi connectivity index (χ0n) is 15.1. The minimum atomic E-state index is 0.199. The summed E-state index contributed by atoms with van der Waals surface area (Å²) in [6.45, 7) is 2.37. The lowest BCUT2D eigenvalue weighted by Crippen LogP contribution is -2.38. The first-order chi connectivity index (χ1) is 12.1. The quantitative estimate of drug-likeness (QED) is 0.810. The molecule has 1 unspecified atom stereocenters. The molecule has 25 heavy (non-hydrogen) atoms. The number of carbonyl (C=O) groups is 1. The summed E-state index contributed by atoms with van der Waals surface area (Å²) in [5, 5.41) is 4.07. The Morgan fingerprint density at radius 1 is 1.24 bits per heavy atom. The minimum Gasteiger partial charge on any atom is -0.336 e. The Balaban J connectivity index is 1.66. The molecule has 2 heterocycles. The maximum absolute atomic E-state index is 12.7. The molecule has 0 radical (unpaired) electrons. The van der Waals surface area contributed by atoms with Gasteiger partial charge >= 0.3 is 0 Å². The van der Waals surface area contributed by atoms with Crippen LogP contribution in [0.2, 0.25) is 0 Å². The molecule has 1 amide bonds. The highest BCUT2D eigenvalue weighted by molar-refractivity contribution is 5.76. The third-order valence-electron chi connectivity index (χ3n) is 4.71. The van der Waals surface area contributed by atoms with Crippen LogP contribution in [0, 0.1) is 0 Å². The fourth-order valence-corrected chi connectivity index (χ4v) is 3.49. The van der Waals surface area contributed by atoms with Crippen molar-refractivity contribution in [1.82, 2.24) is 24.6 Å². The molecule has 0 saturated carbocycles. The molecule has 0 bridgehead atoms. The number of carbonyl (C=O) groups excluding carboxylic acids is 1. The van der Waals surface area contributed by atoms with Gasteiger partial charge in [-0.25, -0.2) is 4.98 Å². The summed E-state index contributed by atoms with van der Waals surface area (Å²) < 4.78 is 1.72. The molecule has 6 nitrogen and oxygen atoms in total. The fourth-order valence-electron chi connectivity index (χ4n) is 3.49. The van der Waals surface area contributed by atoms with E-state index in [2.05, 4.69) is 58.2 Å². The van der Waals surface area contributed by atoms with E-state index in [0.717, 1.165) is 25.9 Å². The number of amides is 1. The molecule has 1 saturated heterocycles. The number of piperidine rings is 1. The predicted molar refractivity (Wildman–Crippen MR) is 96.8 cm³/mol. The van der Waals surface area contributed by atoms with Crippen LogP contribution in [-0.4, -0.2) is 51.1 Å². The highest BCUT2D eigenvalue weighted by Gasteiger charge is 2.27. The number of nitrogens with zero attached hydrogens (tertiary/aromatic N) is 5. The smallest absolute Gasteiger partial charge is 0.224 e. The number of hydrogen-bond donors (Lipinski definition) is 0. The average Bonchev–Trinajstić information content (AvgIpc) is 3.13. The molecule has 2 aromatic rings. The third-order valence-corrected chi connectivity index (χ3v) is 4.71. The highest BCUT2D eigenvalue weighted by atomic mass is 16.2. The van der Waals surface area contributed by atoms with E-state index in [4.69, 9.17) is 0 Å². The summed E-state index contributed by atoms with van der Waals surface area (Å²) >= 11 is 0. The number of rotatable bonds is 6. The molecule has 1 aromatic carbocycles. The first-order valence-corrected chi connectivity index (χ1v) is 8.99. The molecular weight excluding hydrogens is 314 g/mol. The van der Waals surface area contributed by atoms with E-state index in [0.29, 0.717) is 13.0 Å². The van der Waals surface area contributed by atoms with Gasteiger partial charge in [-0.2, -0.15) is 5.10 Å². The first-order valence-electron chi connectivity index (χ1n) is 8.99. The first kappa shape index (κ1) is 17.6. The lowest BCUT2D eigenvalue weighted by atomic mass is 9.94. The van der Waals surface area contributed by atoms with Crippen LogP contribution < -0.4 is 0 Å². The van der Waals surface area contributed by atoms with E-state index in [9.17, 15) is 4.79 Å². The molecule has 1 aliphatic heterocycles. The number of hydrogen-bond acceptors (Lipinski definition) is 4. The van der Waals surface area contributed by atoms with E-state index in [1.165, 1.54) is 23.9 Å². The van der Waals surface area contributed by atoms with Gasteiger partial charge in [-0.3, -0.25) is 9.48 Å². The summed E-state index contributed by atoms with van der Waals surface area (Å²) in [7, 11) is 4.15. The van der Waals surface area contributed by atoms with Crippen molar-refractivity contribution in [2.45, 2.75) is 44.8 Å². The van der Waals surface area contributed by atoms with E-state index in [1.807, 2.05) is 0 Å². The number of aromatic nitrogens is 3. The maximum Gasteiger partial charge on any atom is 0.224 e. The molecule has 0 N–H and O–H groups in total. The van der Waals surface area contributed by atoms with Crippen LogP contribution in [0.3, 0.4) is 0 Å². The Morgan fingerprint density at radius 2 is 2.04 bits per heavy atom. The van der Waals surface area contributed by atoms with Crippen molar-refractivity contribution in [3.63, 3.8) is 0 Å². The van der Waals surface area contributed by atoms with Crippen LogP contribution in [-0.2, 0) is 17.9 Å². The van der Waals surface area contributed by atoms with Crippen molar-refractivity contribution in [3.8, 4) is 0 Å².